The van der Waals surface area contributed by atoms with Gasteiger partial charge in [0.1, 0.15) is 10.9 Å². The smallest absolute Gasteiger partial charge is 0.186 e. The number of aromatic nitrogens is 5. The summed E-state index contributed by atoms with van der Waals surface area (Å²) in [6.07, 6.45) is 13.1. The highest BCUT2D eigenvalue weighted by Gasteiger charge is 2.49. The second-order valence-corrected chi connectivity index (χ2v) is 11.8. The second kappa shape index (κ2) is 13.5. The lowest BCUT2D eigenvalue weighted by Crippen LogP contribution is -2.39. The van der Waals surface area contributed by atoms with Crippen molar-refractivity contribution in [2.24, 2.45) is 0 Å². The number of halogens is 1. The molecular formula is C31H47ClN6O3. The number of nitrogens with one attached hydrogen (secondary N) is 1. The molecule has 1 N–H and O–H groups in total. The maximum atomic E-state index is 6.41. The molecule has 3 saturated heterocycles. The van der Waals surface area contributed by atoms with Crippen molar-refractivity contribution in [3.63, 3.8) is 0 Å². The lowest BCUT2D eigenvalue weighted by Gasteiger charge is -2.36. The van der Waals surface area contributed by atoms with Gasteiger partial charge >= 0.3 is 0 Å². The van der Waals surface area contributed by atoms with E-state index in [2.05, 4.69) is 44.1 Å². The predicted molar refractivity (Wildman–Crippen MR) is 161 cm³/mol. The quantitative estimate of drug-likeness (QED) is 0.299. The minimum Gasteiger partial charge on any atom is -0.360 e. The van der Waals surface area contributed by atoms with E-state index in [1.807, 2.05) is 20.8 Å². The zero-order valence-corrected chi connectivity index (χ0v) is 26.2. The molecule has 3 unspecified atom stereocenters. The van der Waals surface area contributed by atoms with Crippen molar-refractivity contribution in [2.75, 3.05) is 19.8 Å². The highest BCUT2D eigenvalue weighted by molar-refractivity contribution is 6.34. The van der Waals surface area contributed by atoms with Gasteiger partial charge in [-0.3, -0.25) is 10.00 Å². The first kappa shape index (κ1) is 30.4. The largest absolute Gasteiger partial charge is 0.360 e. The highest BCUT2D eigenvalue weighted by atomic mass is 35.5. The van der Waals surface area contributed by atoms with Crippen molar-refractivity contribution >= 4 is 22.6 Å². The van der Waals surface area contributed by atoms with Crippen LogP contribution in [-0.2, 0) is 15.9 Å². The Kier molecular flexibility index (Phi) is 10.00. The molecular weight excluding hydrogens is 540 g/mol. The maximum Gasteiger partial charge on any atom is 0.186 e. The predicted octanol–water partition coefficient (Wildman–Crippen LogP) is 7.37. The molecule has 0 amide bonds. The average molecular weight is 587 g/mol. The van der Waals surface area contributed by atoms with Crippen molar-refractivity contribution in [3.8, 4) is 11.5 Å². The SMILES string of the molecule is CC.CCC1CCC2CCCN12.CCCCC1(C2CCCc3c(-c4nc(Cl)c5c(C)[nH]nc5n4)noc32)OCCO1. The van der Waals surface area contributed by atoms with E-state index in [0.717, 1.165) is 73.0 Å². The molecule has 6 heterocycles. The van der Waals surface area contributed by atoms with E-state index in [1.165, 1.54) is 38.6 Å². The maximum absolute atomic E-state index is 6.41. The Labute approximate surface area is 249 Å². The number of H-pyrrole nitrogens is 1. The Balaban J connectivity index is 0.000000235. The number of ether oxygens (including phenoxy) is 2. The summed E-state index contributed by atoms with van der Waals surface area (Å²) in [6.45, 7) is 13.0. The number of nitrogens with zero attached hydrogens (tertiary/aromatic N) is 5. The molecule has 0 saturated carbocycles. The van der Waals surface area contributed by atoms with Crippen LogP contribution in [0, 0.1) is 6.92 Å². The van der Waals surface area contributed by atoms with Gasteiger partial charge in [0, 0.05) is 29.8 Å². The number of hydrogen-bond donors (Lipinski definition) is 1. The molecule has 3 aliphatic heterocycles. The third-order valence-corrected chi connectivity index (χ3v) is 9.47. The Bertz CT molecular complexity index is 1290. The summed E-state index contributed by atoms with van der Waals surface area (Å²) >= 11 is 6.41. The van der Waals surface area contributed by atoms with Gasteiger partial charge in [-0.25, -0.2) is 9.97 Å². The topological polar surface area (TPSA) is 102 Å². The standard InChI is InChI=1S/C20H24ClN5O3.C9H17N.C2H6/c1-3-4-8-20(27-9-10-28-20)13-7-5-6-12-15(26-29-16(12)13)19-22-17(21)14-11(2)24-25-18(14)23-19;1-2-8-5-6-9-4-3-7-10(8)9;1-2/h13H,3-10H2,1-2H3,(H,22,23,24,25);8-9H,2-7H2,1H3;1-2H3. The van der Waals surface area contributed by atoms with Crippen LogP contribution >= 0.6 is 11.6 Å². The van der Waals surface area contributed by atoms with Gasteiger partial charge in [0.15, 0.2) is 23.0 Å². The highest BCUT2D eigenvalue weighted by Crippen LogP contribution is 2.48. The molecule has 41 heavy (non-hydrogen) atoms. The fourth-order valence-corrected chi connectivity index (χ4v) is 7.53. The van der Waals surface area contributed by atoms with E-state index in [4.69, 9.17) is 25.6 Å². The van der Waals surface area contributed by atoms with Crippen molar-refractivity contribution in [1.29, 1.82) is 0 Å². The molecule has 7 rings (SSSR count). The Morgan fingerprint density at radius 3 is 2.61 bits per heavy atom. The zero-order valence-electron chi connectivity index (χ0n) is 25.5. The molecule has 9 nitrogen and oxygen atoms in total. The van der Waals surface area contributed by atoms with Crippen LogP contribution in [0.3, 0.4) is 0 Å². The molecule has 4 aliphatic rings. The Morgan fingerprint density at radius 2 is 1.85 bits per heavy atom. The fraction of sp³-hybridized carbons (Fsp3) is 0.742. The van der Waals surface area contributed by atoms with E-state index in [0.29, 0.717) is 35.5 Å². The minimum absolute atomic E-state index is 0.0216. The van der Waals surface area contributed by atoms with E-state index < -0.39 is 5.79 Å². The third-order valence-electron chi connectivity index (χ3n) is 9.20. The molecule has 0 spiro atoms. The van der Waals surface area contributed by atoms with Crippen LogP contribution in [0.2, 0.25) is 5.15 Å². The Morgan fingerprint density at radius 1 is 1.05 bits per heavy atom. The van der Waals surface area contributed by atoms with Crippen LogP contribution in [0.25, 0.3) is 22.6 Å². The number of aromatic amines is 1. The van der Waals surface area contributed by atoms with E-state index >= 15 is 0 Å². The summed E-state index contributed by atoms with van der Waals surface area (Å²) < 4.78 is 18.2. The van der Waals surface area contributed by atoms with Gasteiger partial charge in [-0.1, -0.05) is 50.9 Å². The van der Waals surface area contributed by atoms with Gasteiger partial charge in [0.05, 0.1) is 24.5 Å². The molecule has 10 heteroatoms. The van der Waals surface area contributed by atoms with Crippen LogP contribution in [0.15, 0.2) is 4.52 Å². The van der Waals surface area contributed by atoms with E-state index in [-0.39, 0.29) is 5.92 Å². The molecule has 0 aromatic carbocycles. The zero-order chi connectivity index (χ0) is 29.0. The summed E-state index contributed by atoms with van der Waals surface area (Å²) in [5.74, 6) is 0.676. The number of fused-ring (bicyclic) bond motifs is 3. The van der Waals surface area contributed by atoms with E-state index in [9.17, 15) is 0 Å². The van der Waals surface area contributed by atoms with Crippen LogP contribution in [0.4, 0.5) is 0 Å². The van der Waals surface area contributed by atoms with Gasteiger partial charge in [-0.2, -0.15) is 5.10 Å². The number of aryl methyl sites for hydroxylation is 1. The average Bonchev–Trinajstić information content (AvgIpc) is 3.82. The van der Waals surface area contributed by atoms with Crippen molar-refractivity contribution in [3.05, 3.63) is 22.2 Å². The lowest BCUT2D eigenvalue weighted by atomic mass is 9.80. The second-order valence-electron chi connectivity index (χ2n) is 11.5. The number of unbranched alkanes of at least 4 members (excludes halogenated alkanes) is 1. The first-order chi connectivity index (χ1) is 20.0. The minimum atomic E-state index is -0.621. The molecule has 3 fully saturated rings. The van der Waals surface area contributed by atoms with E-state index in [1.54, 1.807) is 0 Å². The Hall–Kier alpha value is -2.07. The van der Waals surface area contributed by atoms with Crippen LogP contribution in [0.1, 0.15) is 115 Å². The monoisotopic (exact) mass is 586 g/mol. The van der Waals surface area contributed by atoms with Crippen molar-refractivity contribution < 1.29 is 14.0 Å². The fourth-order valence-electron chi connectivity index (χ4n) is 7.22. The molecule has 226 valence electrons. The summed E-state index contributed by atoms with van der Waals surface area (Å²) in [6, 6.07) is 1.94. The number of rotatable bonds is 6. The van der Waals surface area contributed by atoms with Gasteiger partial charge < -0.3 is 14.0 Å². The van der Waals surface area contributed by atoms with Gasteiger partial charge in [-0.15, -0.1) is 0 Å². The molecule has 1 aliphatic carbocycles. The molecule has 3 atom stereocenters. The molecule has 0 bridgehead atoms. The van der Waals surface area contributed by atoms with Crippen LogP contribution in [-0.4, -0.2) is 67.9 Å². The third kappa shape index (κ3) is 5.92. The first-order valence-electron chi connectivity index (χ1n) is 15.9. The summed E-state index contributed by atoms with van der Waals surface area (Å²) in [5.41, 5.74) is 3.03. The summed E-state index contributed by atoms with van der Waals surface area (Å²) in [5, 5.41) is 12.6. The molecule has 3 aromatic rings. The molecule has 0 radical (unpaired) electrons. The van der Waals surface area contributed by atoms with Gasteiger partial charge in [0.2, 0.25) is 0 Å². The lowest BCUT2D eigenvalue weighted by molar-refractivity contribution is -0.186. The van der Waals surface area contributed by atoms with Crippen LogP contribution < -0.4 is 0 Å². The van der Waals surface area contributed by atoms with Crippen molar-refractivity contribution in [1.82, 2.24) is 30.2 Å². The van der Waals surface area contributed by atoms with Gasteiger partial charge in [0.25, 0.3) is 0 Å². The molecule has 3 aromatic heterocycles. The van der Waals surface area contributed by atoms with Gasteiger partial charge in [-0.05, 0) is 71.3 Å². The number of hydrogen-bond acceptors (Lipinski definition) is 8. The first-order valence-corrected chi connectivity index (χ1v) is 16.3. The normalized spacial score (nSPS) is 24.9. The van der Waals surface area contributed by atoms with Crippen LogP contribution in [0.5, 0.6) is 0 Å². The summed E-state index contributed by atoms with van der Waals surface area (Å²) in [4.78, 5) is 11.8. The summed E-state index contributed by atoms with van der Waals surface area (Å²) in [7, 11) is 0. The van der Waals surface area contributed by atoms with Crippen molar-refractivity contribution in [2.45, 2.75) is 129 Å².